The van der Waals surface area contributed by atoms with Gasteiger partial charge in [-0.3, -0.25) is 4.79 Å². The van der Waals surface area contributed by atoms with E-state index in [2.05, 4.69) is 5.32 Å². The largest absolute Gasteiger partial charge is 0.489 e. The zero-order valence-corrected chi connectivity index (χ0v) is 13.1. The van der Waals surface area contributed by atoms with Crippen LogP contribution < -0.4 is 15.8 Å². The van der Waals surface area contributed by atoms with Gasteiger partial charge in [0.25, 0.3) is 0 Å². The number of benzene rings is 1. The van der Waals surface area contributed by atoms with Crippen molar-refractivity contribution in [3.8, 4) is 5.75 Å². The molecule has 1 aromatic carbocycles. The molecule has 21 heavy (non-hydrogen) atoms. The Kier molecular flexibility index (Phi) is 4.94. The normalized spacial score (nSPS) is 16.1. The van der Waals surface area contributed by atoms with Crippen LogP contribution in [0.25, 0.3) is 0 Å². The lowest BCUT2D eigenvalue weighted by Gasteiger charge is -2.22. The molecule has 1 amide bonds. The molecule has 1 aromatic rings. The SMILES string of the molecule is CC(C)Oc1cc(NC(C)C(=O)N2CCCC2)ccc1N. The second-order valence-electron chi connectivity index (χ2n) is 5.82. The summed E-state index contributed by atoms with van der Waals surface area (Å²) in [6, 6.07) is 5.27. The van der Waals surface area contributed by atoms with Gasteiger partial charge in [-0.1, -0.05) is 0 Å². The summed E-state index contributed by atoms with van der Waals surface area (Å²) < 4.78 is 5.67. The fraction of sp³-hybridized carbons (Fsp3) is 0.562. The van der Waals surface area contributed by atoms with E-state index >= 15 is 0 Å². The van der Waals surface area contributed by atoms with E-state index in [1.165, 1.54) is 0 Å². The maximum atomic E-state index is 12.3. The smallest absolute Gasteiger partial charge is 0.244 e. The highest BCUT2D eigenvalue weighted by molar-refractivity contribution is 5.84. The van der Waals surface area contributed by atoms with Crippen LogP contribution in [0, 0.1) is 0 Å². The Morgan fingerprint density at radius 2 is 1.95 bits per heavy atom. The van der Waals surface area contributed by atoms with Crippen molar-refractivity contribution in [1.29, 1.82) is 0 Å². The van der Waals surface area contributed by atoms with Crippen LogP contribution in [0.5, 0.6) is 5.75 Å². The summed E-state index contributed by atoms with van der Waals surface area (Å²) in [5, 5.41) is 3.23. The maximum Gasteiger partial charge on any atom is 0.244 e. The van der Waals surface area contributed by atoms with Crippen molar-refractivity contribution in [2.45, 2.75) is 45.8 Å². The number of nitrogen functional groups attached to an aromatic ring is 1. The first kappa shape index (κ1) is 15.5. The fourth-order valence-corrected chi connectivity index (χ4v) is 2.50. The van der Waals surface area contributed by atoms with Gasteiger partial charge in [0.15, 0.2) is 0 Å². The number of ether oxygens (including phenoxy) is 1. The molecule has 1 unspecified atom stereocenters. The van der Waals surface area contributed by atoms with E-state index in [0.717, 1.165) is 31.6 Å². The molecule has 0 bridgehead atoms. The van der Waals surface area contributed by atoms with Crippen molar-refractivity contribution < 1.29 is 9.53 Å². The van der Waals surface area contributed by atoms with Crippen molar-refractivity contribution in [3.05, 3.63) is 18.2 Å². The van der Waals surface area contributed by atoms with E-state index in [1.807, 2.05) is 37.8 Å². The number of likely N-dealkylation sites (tertiary alicyclic amines) is 1. The molecular weight excluding hydrogens is 266 g/mol. The Hall–Kier alpha value is -1.91. The van der Waals surface area contributed by atoms with Gasteiger partial charge in [0.2, 0.25) is 5.91 Å². The number of hydrogen-bond donors (Lipinski definition) is 2. The molecule has 3 N–H and O–H groups in total. The number of nitrogens with zero attached hydrogens (tertiary/aromatic N) is 1. The summed E-state index contributed by atoms with van der Waals surface area (Å²) in [4.78, 5) is 14.2. The fourth-order valence-electron chi connectivity index (χ4n) is 2.50. The van der Waals surface area contributed by atoms with Crippen molar-refractivity contribution in [2.75, 3.05) is 24.1 Å². The topological polar surface area (TPSA) is 67.6 Å². The molecule has 5 nitrogen and oxygen atoms in total. The lowest BCUT2D eigenvalue weighted by Crippen LogP contribution is -2.39. The summed E-state index contributed by atoms with van der Waals surface area (Å²) in [5.41, 5.74) is 7.35. The third-order valence-corrected chi connectivity index (χ3v) is 3.55. The number of carbonyl (C=O) groups excluding carboxylic acids is 1. The monoisotopic (exact) mass is 291 g/mol. The zero-order valence-electron chi connectivity index (χ0n) is 13.1. The average Bonchev–Trinajstić information content (AvgIpc) is 2.95. The predicted octanol–water partition coefficient (Wildman–Crippen LogP) is 2.48. The Morgan fingerprint density at radius 3 is 2.57 bits per heavy atom. The van der Waals surface area contributed by atoms with Gasteiger partial charge in [-0.05, 0) is 45.7 Å². The Balaban J connectivity index is 2.03. The third kappa shape index (κ3) is 4.03. The van der Waals surface area contributed by atoms with E-state index in [4.69, 9.17) is 10.5 Å². The van der Waals surface area contributed by atoms with E-state index in [1.54, 1.807) is 6.07 Å². The molecule has 5 heteroatoms. The van der Waals surface area contributed by atoms with Crippen LogP contribution in [0.1, 0.15) is 33.6 Å². The molecule has 1 atom stereocenters. The van der Waals surface area contributed by atoms with Crippen molar-refractivity contribution in [3.63, 3.8) is 0 Å². The molecule has 1 aliphatic heterocycles. The summed E-state index contributed by atoms with van der Waals surface area (Å²) in [6.07, 6.45) is 2.27. The first-order valence-corrected chi connectivity index (χ1v) is 7.59. The van der Waals surface area contributed by atoms with E-state index in [0.29, 0.717) is 11.4 Å². The molecule has 2 rings (SSSR count). The summed E-state index contributed by atoms with van der Waals surface area (Å²) in [6.45, 7) is 7.54. The van der Waals surface area contributed by atoms with Gasteiger partial charge in [-0.25, -0.2) is 0 Å². The molecule has 0 saturated carbocycles. The van der Waals surface area contributed by atoms with Gasteiger partial charge in [0.05, 0.1) is 11.8 Å². The molecule has 116 valence electrons. The van der Waals surface area contributed by atoms with Crippen LogP contribution in [0.15, 0.2) is 18.2 Å². The van der Waals surface area contributed by atoms with Crippen LogP contribution in [0.2, 0.25) is 0 Å². The summed E-state index contributed by atoms with van der Waals surface area (Å²) in [7, 11) is 0. The lowest BCUT2D eigenvalue weighted by atomic mass is 10.2. The number of carbonyl (C=O) groups is 1. The quantitative estimate of drug-likeness (QED) is 0.818. The predicted molar refractivity (Wildman–Crippen MR) is 85.5 cm³/mol. The Labute approximate surface area is 126 Å². The molecular formula is C16H25N3O2. The third-order valence-electron chi connectivity index (χ3n) is 3.55. The first-order chi connectivity index (χ1) is 9.97. The van der Waals surface area contributed by atoms with Crippen LogP contribution in [0.3, 0.4) is 0 Å². The number of hydrogen-bond acceptors (Lipinski definition) is 4. The second kappa shape index (κ2) is 6.70. The van der Waals surface area contributed by atoms with Crippen molar-refractivity contribution in [1.82, 2.24) is 4.90 Å². The van der Waals surface area contributed by atoms with Crippen molar-refractivity contribution >= 4 is 17.3 Å². The number of rotatable bonds is 5. The molecule has 1 aliphatic rings. The Morgan fingerprint density at radius 1 is 1.29 bits per heavy atom. The maximum absolute atomic E-state index is 12.3. The summed E-state index contributed by atoms with van der Waals surface area (Å²) >= 11 is 0. The van der Waals surface area contributed by atoms with Gasteiger partial charge < -0.3 is 20.7 Å². The number of amides is 1. The van der Waals surface area contributed by atoms with E-state index in [-0.39, 0.29) is 18.1 Å². The van der Waals surface area contributed by atoms with E-state index in [9.17, 15) is 4.79 Å². The van der Waals surface area contributed by atoms with Gasteiger partial charge in [0, 0.05) is 24.8 Å². The first-order valence-electron chi connectivity index (χ1n) is 7.59. The number of anilines is 2. The molecule has 0 aromatic heterocycles. The summed E-state index contributed by atoms with van der Waals surface area (Å²) in [5.74, 6) is 0.798. The molecule has 0 aliphatic carbocycles. The van der Waals surface area contributed by atoms with Crippen LogP contribution >= 0.6 is 0 Å². The van der Waals surface area contributed by atoms with Gasteiger partial charge in [-0.15, -0.1) is 0 Å². The zero-order chi connectivity index (χ0) is 15.4. The highest BCUT2D eigenvalue weighted by atomic mass is 16.5. The molecule has 1 fully saturated rings. The average molecular weight is 291 g/mol. The van der Waals surface area contributed by atoms with Crippen molar-refractivity contribution in [2.24, 2.45) is 0 Å². The Bertz CT molecular complexity index is 496. The van der Waals surface area contributed by atoms with Crippen LogP contribution in [-0.4, -0.2) is 36.0 Å². The van der Waals surface area contributed by atoms with Crippen LogP contribution in [-0.2, 0) is 4.79 Å². The number of nitrogens with two attached hydrogens (primary N) is 1. The highest BCUT2D eigenvalue weighted by Gasteiger charge is 2.23. The van der Waals surface area contributed by atoms with Gasteiger partial charge in [-0.2, -0.15) is 0 Å². The minimum atomic E-state index is -0.251. The minimum absolute atomic E-state index is 0.0613. The van der Waals surface area contributed by atoms with Gasteiger partial charge in [0.1, 0.15) is 11.8 Å². The van der Waals surface area contributed by atoms with Crippen LogP contribution in [0.4, 0.5) is 11.4 Å². The second-order valence-corrected chi connectivity index (χ2v) is 5.82. The van der Waals surface area contributed by atoms with E-state index < -0.39 is 0 Å². The minimum Gasteiger partial charge on any atom is -0.489 e. The molecule has 0 spiro atoms. The number of nitrogens with one attached hydrogen (secondary N) is 1. The standard InChI is InChI=1S/C16H25N3O2/c1-11(2)21-15-10-13(6-7-14(15)17)18-12(3)16(20)19-8-4-5-9-19/h6-7,10-12,18H,4-5,8-9,17H2,1-3H3. The molecule has 0 radical (unpaired) electrons. The molecule has 1 heterocycles. The van der Waals surface area contributed by atoms with Gasteiger partial charge >= 0.3 is 0 Å². The molecule has 1 saturated heterocycles. The lowest BCUT2D eigenvalue weighted by molar-refractivity contribution is -0.130. The highest BCUT2D eigenvalue weighted by Crippen LogP contribution is 2.27.